The lowest BCUT2D eigenvalue weighted by Crippen LogP contribution is -2.45. The second kappa shape index (κ2) is 24.4. The Bertz CT molecular complexity index is 2150. The number of rotatable bonds is 20. The molecule has 1 unspecified atom stereocenters. The number of likely N-dealkylation sites (N-methyl/N-ethyl adjacent to an activating group) is 2. The van der Waals surface area contributed by atoms with Crippen LogP contribution in [0, 0.1) is 17.2 Å². The highest BCUT2D eigenvalue weighted by molar-refractivity contribution is 7.99. The van der Waals surface area contributed by atoms with Gasteiger partial charge in [0.25, 0.3) is 5.91 Å². The number of thioether (sulfide) groups is 1. The number of fused-ring (bicyclic) bond motifs is 1. The van der Waals surface area contributed by atoms with Crippen molar-refractivity contribution in [3.8, 4) is 40.6 Å². The Hall–Kier alpha value is -5.62. The first-order chi connectivity index (χ1) is 30.7. The molecule has 0 saturated carbocycles. The van der Waals surface area contributed by atoms with E-state index in [1.165, 1.54) is 12.5 Å². The molecule has 0 aromatic heterocycles. The summed E-state index contributed by atoms with van der Waals surface area (Å²) in [5.41, 5.74) is 3.16. The number of anilines is 1. The summed E-state index contributed by atoms with van der Waals surface area (Å²) < 4.78 is 38.1. The number of nitrogens with zero attached hydrogens (tertiary/aromatic N) is 4. The SMILES string of the molecule is COc1ccc(CCN(C)CCCC(C#N)(c2cc(OC)c(OC)c(OC)c2)C(C)C)cc1OC.COc1ccc([C@@H]2Sc3ccccc3N(CCN(C)C)C(=O)[C@@H]2OC(C)=O)cc1. The fraction of sp³-hybridized carbons (Fsp3) is 0.460. The van der Waals surface area contributed by atoms with Gasteiger partial charge in [0.15, 0.2) is 29.1 Å². The highest BCUT2D eigenvalue weighted by Gasteiger charge is 2.41. The van der Waals surface area contributed by atoms with Gasteiger partial charge in [0, 0.05) is 31.5 Å². The number of methoxy groups -OCH3 is 6. The van der Waals surface area contributed by atoms with Crippen LogP contribution in [0.3, 0.4) is 0 Å². The first-order valence-electron chi connectivity index (χ1n) is 21.3. The van der Waals surface area contributed by atoms with E-state index < -0.39 is 17.5 Å². The lowest BCUT2D eigenvalue weighted by Gasteiger charge is -2.33. The maximum Gasteiger partial charge on any atom is 0.303 e. The number of hydrogen-bond donors (Lipinski definition) is 0. The predicted molar refractivity (Wildman–Crippen MR) is 253 cm³/mol. The van der Waals surface area contributed by atoms with Crippen LogP contribution in [0.1, 0.15) is 55.6 Å². The third kappa shape index (κ3) is 12.8. The van der Waals surface area contributed by atoms with E-state index in [1.807, 2.05) is 91.8 Å². The molecule has 0 saturated heterocycles. The van der Waals surface area contributed by atoms with Crippen molar-refractivity contribution >= 4 is 29.3 Å². The lowest BCUT2D eigenvalue weighted by atomic mass is 9.69. The van der Waals surface area contributed by atoms with Gasteiger partial charge in [-0.1, -0.05) is 44.2 Å². The summed E-state index contributed by atoms with van der Waals surface area (Å²) in [6.45, 7) is 8.52. The van der Waals surface area contributed by atoms with Crippen molar-refractivity contribution < 1.29 is 42.7 Å². The van der Waals surface area contributed by atoms with Crippen LogP contribution in [0.2, 0.25) is 0 Å². The van der Waals surface area contributed by atoms with Crippen molar-refractivity contribution in [1.29, 1.82) is 5.26 Å². The van der Waals surface area contributed by atoms with Crippen molar-refractivity contribution in [3.05, 3.63) is 95.6 Å². The Morgan fingerprint density at radius 2 is 1.44 bits per heavy atom. The third-order valence-corrected chi connectivity index (χ3v) is 12.8. The van der Waals surface area contributed by atoms with Crippen LogP contribution >= 0.6 is 11.8 Å². The fourth-order valence-electron chi connectivity index (χ4n) is 7.69. The summed E-state index contributed by atoms with van der Waals surface area (Å²) in [4.78, 5) is 32.5. The summed E-state index contributed by atoms with van der Waals surface area (Å²) in [6, 6.07) is 27.8. The smallest absolute Gasteiger partial charge is 0.303 e. The van der Waals surface area contributed by atoms with E-state index in [2.05, 4.69) is 37.9 Å². The van der Waals surface area contributed by atoms with Crippen molar-refractivity contribution in [2.24, 2.45) is 5.92 Å². The van der Waals surface area contributed by atoms with Crippen molar-refractivity contribution in [2.75, 3.05) is 94.9 Å². The molecule has 0 spiro atoms. The first-order valence-corrected chi connectivity index (χ1v) is 22.2. The van der Waals surface area contributed by atoms with Crippen LogP contribution in [0.15, 0.2) is 83.8 Å². The molecule has 0 aliphatic carbocycles. The van der Waals surface area contributed by atoms with Gasteiger partial charge in [-0.05, 0) is 118 Å². The van der Waals surface area contributed by atoms with Crippen LogP contribution in [-0.4, -0.2) is 118 Å². The summed E-state index contributed by atoms with van der Waals surface area (Å²) >= 11 is 1.54. The molecule has 1 aliphatic rings. The van der Waals surface area contributed by atoms with E-state index in [-0.39, 0.29) is 17.1 Å². The molecule has 0 N–H and O–H groups in total. The second-order valence-corrected chi connectivity index (χ2v) is 17.3. The first kappa shape index (κ1) is 51.0. The number of ether oxygens (including phenoxy) is 7. The van der Waals surface area contributed by atoms with E-state index in [0.717, 1.165) is 71.3 Å². The molecular formula is C50H66N4O9S. The second-order valence-electron chi connectivity index (χ2n) is 16.1. The van der Waals surface area contributed by atoms with Crippen LogP contribution in [0.25, 0.3) is 0 Å². The van der Waals surface area contributed by atoms with Gasteiger partial charge in [0.1, 0.15) is 5.75 Å². The minimum atomic E-state index is -0.916. The zero-order valence-electron chi connectivity index (χ0n) is 39.6. The minimum Gasteiger partial charge on any atom is -0.497 e. The lowest BCUT2D eigenvalue weighted by molar-refractivity contribution is -0.152. The molecule has 3 atom stereocenters. The average Bonchev–Trinajstić information content (AvgIpc) is 3.41. The van der Waals surface area contributed by atoms with Gasteiger partial charge in [-0.25, -0.2) is 0 Å². The normalized spacial score (nSPS) is 15.5. The highest BCUT2D eigenvalue weighted by Crippen LogP contribution is 2.48. The fourth-order valence-corrected chi connectivity index (χ4v) is 9.01. The summed E-state index contributed by atoms with van der Waals surface area (Å²) in [6.07, 6.45) is 1.59. The Kier molecular flexibility index (Phi) is 19.5. The van der Waals surface area contributed by atoms with Crippen LogP contribution in [0.4, 0.5) is 5.69 Å². The molecule has 64 heavy (non-hydrogen) atoms. The Labute approximate surface area is 384 Å². The van der Waals surface area contributed by atoms with E-state index in [0.29, 0.717) is 30.3 Å². The van der Waals surface area contributed by atoms with Gasteiger partial charge < -0.3 is 47.9 Å². The Morgan fingerprint density at radius 3 is 1.98 bits per heavy atom. The quantitative estimate of drug-likeness (QED) is 0.0787. The zero-order valence-corrected chi connectivity index (χ0v) is 40.4. The molecule has 0 radical (unpaired) electrons. The van der Waals surface area contributed by atoms with Gasteiger partial charge in [-0.15, -0.1) is 11.8 Å². The van der Waals surface area contributed by atoms with Gasteiger partial charge in [0.2, 0.25) is 5.75 Å². The van der Waals surface area contributed by atoms with E-state index in [1.54, 1.807) is 59.3 Å². The van der Waals surface area contributed by atoms with Gasteiger partial charge in [0.05, 0.1) is 65.1 Å². The number of carbonyl (C=O) groups excluding carboxylic acids is 2. The van der Waals surface area contributed by atoms with E-state index in [9.17, 15) is 14.9 Å². The average molecular weight is 899 g/mol. The number of esters is 1. The number of para-hydroxylation sites is 1. The number of carbonyl (C=O) groups is 2. The molecule has 1 heterocycles. The maximum atomic E-state index is 13.6. The third-order valence-electron chi connectivity index (χ3n) is 11.4. The zero-order chi connectivity index (χ0) is 47.0. The number of benzene rings is 4. The maximum absolute atomic E-state index is 13.6. The van der Waals surface area contributed by atoms with Crippen molar-refractivity contribution in [3.63, 3.8) is 0 Å². The summed E-state index contributed by atoms with van der Waals surface area (Å²) in [5.74, 6) is 3.30. The number of hydrogen-bond acceptors (Lipinski definition) is 13. The van der Waals surface area contributed by atoms with E-state index in [4.69, 9.17) is 33.2 Å². The monoisotopic (exact) mass is 898 g/mol. The standard InChI is InChI=1S/C28H40N2O5.C22H26N2O4S/c1-20(2)28(19-29,22-17-25(33-6)27(35-8)26(18-22)34-7)13-9-14-30(3)15-12-21-10-11-23(31-4)24(16-21)32-5;1-15(25)28-20-21(16-9-11-17(27-4)12-10-16)29-19-8-6-5-7-18(19)24(22(20)26)14-13-23(2)3/h10-11,16-18,20H,9,12-15H2,1-8H3;5-12,20-21H,13-14H2,1-4H3/t;20-,21+/m.1/s1. The van der Waals surface area contributed by atoms with Crippen LogP contribution in [-0.2, 0) is 26.2 Å². The van der Waals surface area contributed by atoms with E-state index >= 15 is 0 Å². The summed E-state index contributed by atoms with van der Waals surface area (Å²) in [7, 11) is 15.7. The molecule has 1 aliphatic heterocycles. The Balaban J connectivity index is 0.000000285. The number of amides is 1. The van der Waals surface area contributed by atoms with Crippen LogP contribution in [0.5, 0.6) is 34.5 Å². The molecule has 346 valence electrons. The highest BCUT2D eigenvalue weighted by atomic mass is 32.2. The Morgan fingerprint density at radius 1 is 0.797 bits per heavy atom. The van der Waals surface area contributed by atoms with Gasteiger partial charge in [-0.2, -0.15) is 5.26 Å². The molecule has 5 rings (SSSR count). The molecule has 0 bridgehead atoms. The summed E-state index contributed by atoms with van der Waals surface area (Å²) in [5, 5.41) is 10.0. The molecule has 0 fully saturated rings. The predicted octanol–water partition coefficient (Wildman–Crippen LogP) is 8.47. The molecule has 13 nitrogen and oxygen atoms in total. The molecule has 4 aromatic rings. The minimum absolute atomic E-state index is 0.104. The topological polar surface area (TPSA) is 132 Å². The largest absolute Gasteiger partial charge is 0.497 e. The molecule has 1 amide bonds. The molecule has 4 aromatic carbocycles. The molecular weight excluding hydrogens is 833 g/mol. The van der Waals surface area contributed by atoms with Crippen molar-refractivity contribution in [1.82, 2.24) is 9.80 Å². The van der Waals surface area contributed by atoms with Gasteiger partial charge in [-0.3, -0.25) is 9.59 Å². The van der Waals surface area contributed by atoms with Gasteiger partial charge >= 0.3 is 5.97 Å². The number of nitriles is 1. The van der Waals surface area contributed by atoms with Crippen LogP contribution < -0.4 is 33.3 Å². The van der Waals surface area contributed by atoms with Crippen molar-refractivity contribution in [2.45, 2.75) is 61.7 Å². The molecule has 14 heteroatoms.